The Morgan fingerprint density at radius 2 is 1.82 bits per heavy atom. The van der Waals surface area contributed by atoms with Gasteiger partial charge in [-0.15, -0.1) is 0 Å². The minimum absolute atomic E-state index is 0.0393. The zero-order chi connectivity index (χ0) is 28.9. The van der Waals surface area contributed by atoms with Crippen LogP contribution in [-0.2, 0) is 28.7 Å². The van der Waals surface area contributed by atoms with E-state index in [9.17, 15) is 29.1 Å². The van der Waals surface area contributed by atoms with E-state index in [0.717, 1.165) is 10.5 Å². The number of nitrogens with zero attached hydrogens (tertiary/aromatic N) is 1. The summed E-state index contributed by atoms with van der Waals surface area (Å²) >= 11 is 0. The summed E-state index contributed by atoms with van der Waals surface area (Å²) in [4.78, 5) is 63.9. The summed E-state index contributed by atoms with van der Waals surface area (Å²) in [7, 11) is 0. The Labute approximate surface area is 223 Å². The topological polar surface area (TPSA) is 177 Å². The predicted molar refractivity (Wildman–Crippen MR) is 139 cm³/mol. The fourth-order valence-corrected chi connectivity index (χ4v) is 3.60. The molecule has 0 aliphatic rings. The number of alkyl carbamates (subject to hydrolysis) is 1. The van der Waals surface area contributed by atoms with Crippen molar-refractivity contribution in [3.63, 3.8) is 0 Å². The lowest BCUT2D eigenvalue weighted by Gasteiger charge is -2.34. The second-order valence-electron chi connectivity index (χ2n) is 9.62. The number of rotatable bonds is 14. The number of nitrogens with one attached hydrogen (secondary N) is 2. The van der Waals surface area contributed by atoms with Gasteiger partial charge in [-0.05, 0) is 46.6 Å². The van der Waals surface area contributed by atoms with E-state index in [2.05, 4.69) is 10.6 Å². The van der Waals surface area contributed by atoms with E-state index >= 15 is 0 Å². The smallest absolute Gasteiger partial charge is 0.408 e. The molecular weight excluding hydrogens is 496 g/mol. The van der Waals surface area contributed by atoms with Crippen LogP contribution >= 0.6 is 0 Å². The minimum atomic E-state index is -1.27. The van der Waals surface area contributed by atoms with Crippen molar-refractivity contribution in [2.45, 2.75) is 71.6 Å². The lowest BCUT2D eigenvalue weighted by Crippen LogP contribution is -2.54. The molecule has 2 atom stereocenters. The van der Waals surface area contributed by atoms with Crippen molar-refractivity contribution in [1.82, 2.24) is 15.5 Å². The molecule has 0 aromatic heterocycles. The Kier molecular flexibility index (Phi) is 13.2. The number of nitrogens with two attached hydrogens (primary N) is 1. The van der Waals surface area contributed by atoms with E-state index < -0.39 is 54.1 Å². The number of aryl methyl sites for hydroxylation is 1. The number of amides is 4. The highest BCUT2D eigenvalue weighted by Gasteiger charge is 2.36. The molecule has 212 valence electrons. The van der Waals surface area contributed by atoms with Crippen molar-refractivity contribution in [1.29, 1.82) is 0 Å². The molecule has 12 nitrogen and oxygen atoms in total. The molecule has 1 rings (SSSR count). The average molecular weight is 537 g/mol. The number of carbonyl (C=O) groups is 5. The maximum absolute atomic E-state index is 13.8. The molecule has 0 saturated carbocycles. The monoisotopic (exact) mass is 536 g/mol. The van der Waals surface area contributed by atoms with Gasteiger partial charge in [-0.1, -0.05) is 29.8 Å². The number of hydrogen-bond acceptors (Lipinski definition) is 8. The molecule has 0 aliphatic carbocycles. The summed E-state index contributed by atoms with van der Waals surface area (Å²) in [6.07, 6.45) is -1.34. The number of aliphatic hydroxyl groups is 1. The van der Waals surface area contributed by atoms with Gasteiger partial charge in [0.05, 0.1) is 19.6 Å². The van der Waals surface area contributed by atoms with Crippen LogP contribution in [0.15, 0.2) is 24.3 Å². The van der Waals surface area contributed by atoms with E-state index in [4.69, 9.17) is 15.2 Å². The first-order valence-corrected chi connectivity index (χ1v) is 12.5. The highest BCUT2D eigenvalue weighted by Crippen LogP contribution is 2.24. The Balaban J connectivity index is 3.36. The third-order valence-electron chi connectivity index (χ3n) is 5.14. The predicted octanol–water partition coefficient (Wildman–Crippen LogP) is 1.09. The lowest BCUT2D eigenvalue weighted by atomic mass is 10.00. The van der Waals surface area contributed by atoms with E-state index in [1.54, 1.807) is 45.9 Å². The standard InChI is InChI=1S/C26H40N4O8/c1-6-37-21(33)12-13-28-23(34)22(18-9-7-8-17(2)16-18)30(14-15-31)24(35)19(10-11-20(27)32)29-25(36)38-26(3,4)5/h7-9,16,19,22,31H,6,10-15H2,1-5H3,(H2,27,32)(H,28,34)(H,29,36). The molecule has 0 fully saturated rings. The van der Waals surface area contributed by atoms with Crippen LogP contribution in [0.4, 0.5) is 4.79 Å². The number of carbonyl (C=O) groups excluding carboxylic acids is 5. The first kappa shape index (κ1) is 32.4. The fraction of sp³-hybridized carbons (Fsp3) is 0.577. The summed E-state index contributed by atoms with van der Waals surface area (Å²) in [5.74, 6) is -2.50. The van der Waals surface area contributed by atoms with Gasteiger partial charge in [0.15, 0.2) is 0 Å². The Bertz CT molecular complexity index is 976. The molecule has 12 heteroatoms. The largest absolute Gasteiger partial charge is 0.466 e. The van der Waals surface area contributed by atoms with Crippen LogP contribution in [0.2, 0.25) is 0 Å². The molecule has 2 unspecified atom stereocenters. The van der Waals surface area contributed by atoms with Gasteiger partial charge in [0.25, 0.3) is 0 Å². The van der Waals surface area contributed by atoms with Crippen LogP contribution in [0.25, 0.3) is 0 Å². The number of esters is 1. The SMILES string of the molecule is CCOC(=O)CCNC(=O)C(c1cccc(C)c1)N(CCO)C(=O)C(CCC(N)=O)NC(=O)OC(C)(C)C. The van der Waals surface area contributed by atoms with Gasteiger partial charge >= 0.3 is 12.1 Å². The van der Waals surface area contributed by atoms with Crippen LogP contribution in [-0.4, -0.2) is 77.7 Å². The first-order chi connectivity index (χ1) is 17.8. The zero-order valence-corrected chi connectivity index (χ0v) is 22.7. The zero-order valence-electron chi connectivity index (χ0n) is 22.7. The van der Waals surface area contributed by atoms with Gasteiger partial charge in [0.1, 0.15) is 17.7 Å². The molecule has 1 aromatic rings. The quantitative estimate of drug-likeness (QED) is 0.255. The molecule has 38 heavy (non-hydrogen) atoms. The van der Waals surface area contributed by atoms with Crippen molar-refractivity contribution in [2.75, 3.05) is 26.3 Å². The summed E-state index contributed by atoms with van der Waals surface area (Å²) < 4.78 is 10.1. The summed E-state index contributed by atoms with van der Waals surface area (Å²) in [6.45, 7) is 7.86. The van der Waals surface area contributed by atoms with Gasteiger partial charge in [-0.25, -0.2) is 4.79 Å². The Hall–Kier alpha value is -3.67. The van der Waals surface area contributed by atoms with Crippen molar-refractivity contribution in [2.24, 2.45) is 5.73 Å². The second-order valence-corrected chi connectivity index (χ2v) is 9.62. The lowest BCUT2D eigenvalue weighted by molar-refractivity contribution is -0.144. The molecule has 0 aliphatic heterocycles. The van der Waals surface area contributed by atoms with Crippen molar-refractivity contribution < 1.29 is 38.6 Å². The van der Waals surface area contributed by atoms with E-state index in [0.29, 0.717) is 5.56 Å². The van der Waals surface area contributed by atoms with Crippen LogP contribution in [0.1, 0.15) is 64.1 Å². The molecule has 0 saturated heterocycles. The Morgan fingerprint density at radius 3 is 2.37 bits per heavy atom. The number of aliphatic hydroxyl groups excluding tert-OH is 1. The molecule has 5 N–H and O–H groups in total. The third kappa shape index (κ3) is 11.6. The maximum Gasteiger partial charge on any atom is 0.408 e. The highest BCUT2D eigenvalue weighted by molar-refractivity contribution is 5.92. The number of benzene rings is 1. The molecule has 0 heterocycles. The van der Waals surface area contributed by atoms with E-state index in [1.807, 2.05) is 13.0 Å². The van der Waals surface area contributed by atoms with Crippen molar-refractivity contribution >= 4 is 29.8 Å². The molecule has 1 aromatic carbocycles. The molecular formula is C26H40N4O8. The highest BCUT2D eigenvalue weighted by atomic mass is 16.6. The van der Waals surface area contributed by atoms with Crippen molar-refractivity contribution in [3.8, 4) is 0 Å². The summed E-state index contributed by atoms with van der Waals surface area (Å²) in [6, 6.07) is 4.41. The molecule has 0 spiro atoms. The summed E-state index contributed by atoms with van der Waals surface area (Å²) in [5.41, 5.74) is 5.69. The average Bonchev–Trinajstić information content (AvgIpc) is 2.80. The van der Waals surface area contributed by atoms with Crippen LogP contribution in [0.5, 0.6) is 0 Å². The van der Waals surface area contributed by atoms with Crippen LogP contribution < -0.4 is 16.4 Å². The van der Waals surface area contributed by atoms with E-state index in [-0.39, 0.29) is 39.0 Å². The first-order valence-electron chi connectivity index (χ1n) is 12.5. The minimum Gasteiger partial charge on any atom is -0.466 e. The summed E-state index contributed by atoms with van der Waals surface area (Å²) in [5, 5.41) is 14.9. The van der Waals surface area contributed by atoms with Crippen LogP contribution in [0.3, 0.4) is 0 Å². The van der Waals surface area contributed by atoms with Crippen molar-refractivity contribution in [3.05, 3.63) is 35.4 Å². The molecule has 0 radical (unpaired) electrons. The molecule has 4 amide bonds. The van der Waals surface area contributed by atoms with Gasteiger partial charge in [0, 0.05) is 19.5 Å². The van der Waals surface area contributed by atoms with E-state index in [1.165, 1.54) is 0 Å². The van der Waals surface area contributed by atoms with Crippen LogP contribution in [0, 0.1) is 6.92 Å². The number of hydrogen-bond donors (Lipinski definition) is 4. The normalized spacial score (nSPS) is 12.6. The number of ether oxygens (including phenoxy) is 2. The molecule has 0 bridgehead atoms. The van der Waals surface area contributed by atoms with Gasteiger partial charge in [0.2, 0.25) is 17.7 Å². The van der Waals surface area contributed by atoms with Gasteiger partial charge < -0.3 is 35.8 Å². The Morgan fingerprint density at radius 1 is 1.13 bits per heavy atom. The van der Waals surface area contributed by atoms with Gasteiger partial charge in [-0.2, -0.15) is 0 Å². The maximum atomic E-state index is 13.8. The van der Waals surface area contributed by atoms with Gasteiger partial charge in [-0.3, -0.25) is 19.2 Å². The number of primary amides is 1. The third-order valence-corrected chi connectivity index (χ3v) is 5.14. The second kappa shape index (κ2) is 15.6. The fourth-order valence-electron chi connectivity index (χ4n) is 3.60.